The summed E-state index contributed by atoms with van der Waals surface area (Å²) in [7, 11) is 0. The van der Waals surface area contributed by atoms with E-state index in [4.69, 9.17) is 10.5 Å². The van der Waals surface area contributed by atoms with Crippen LogP contribution in [0.15, 0.2) is 42.5 Å². The predicted molar refractivity (Wildman–Crippen MR) is 105 cm³/mol. The molecule has 0 spiro atoms. The van der Waals surface area contributed by atoms with Crippen molar-refractivity contribution in [3.63, 3.8) is 0 Å². The normalized spacial score (nSPS) is 13.1. The van der Waals surface area contributed by atoms with Gasteiger partial charge in [0, 0.05) is 23.8 Å². The van der Waals surface area contributed by atoms with Crippen LogP contribution in [0.4, 0.5) is 5.69 Å². The summed E-state index contributed by atoms with van der Waals surface area (Å²) in [5, 5.41) is 5.80. The Hall–Kier alpha value is -3.02. The van der Waals surface area contributed by atoms with E-state index in [1.807, 2.05) is 37.3 Å². The Morgan fingerprint density at radius 3 is 2.59 bits per heavy atom. The summed E-state index contributed by atoms with van der Waals surface area (Å²) < 4.78 is 5.48. The molecule has 0 saturated heterocycles. The SMILES string of the molecule is Cc1ccc(N)cc1C(=O)NCCc1ccc(OCC(=O)NC2CC2)cc1. The molecule has 0 aliphatic heterocycles. The minimum atomic E-state index is -0.124. The second-order valence-corrected chi connectivity index (χ2v) is 6.85. The van der Waals surface area contributed by atoms with Gasteiger partial charge in [-0.05, 0) is 61.6 Å². The molecule has 6 heteroatoms. The van der Waals surface area contributed by atoms with Gasteiger partial charge in [-0.3, -0.25) is 9.59 Å². The van der Waals surface area contributed by atoms with Crippen molar-refractivity contribution in [2.75, 3.05) is 18.9 Å². The standard InChI is InChI=1S/C21H25N3O3/c1-14-2-5-16(22)12-19(14)21(26)23-11-10-15-3-8-18(9-4-15)27-13-20(25)24-17-6-7-17/h2-5,8-9,12,17H,6-7,10-11,13,22H2,1H3,(H,23,26)(H,24,25). The van der Waals surface area contributed by atoms with Crippen LogP contribution >= 0.6 is 0 Å². The third-order valence-electron chi connectivity index (χ3n) is 4.44. The first kappa shape index (κ1) is 18.8. The zero-order valence-electron chi connectivity index (χ0n) is 15.5. The number of rotatable bonds is 8. The molecule has 27 heavy (non-hydrogen) atoms. The highest BCUT2D eigenvalue weighted by Gasteiger charge is 2.23. The first-order chi connectivity index (χ1) is 13.0. The number of nitrogens with one attached hydrogen (secondary N) is 2. The van der Waals surface area contributed by atoms with Gasteiger partial charge in [0.05, 0.1) is 0 Å². The molecule has 4 N–H and O–H groups in total. The summed E-state index contributed by atoms with van der Waals surface area (Å²) in [6.07, 6.45) is 2.83. The third kappa shape index (κ3) is 5.74. The molecular formula is C21H25N3O3. The number of nitrogens with two attached hydrogens (primary N) is 1. The average Bonchev–Trinajstić information content (AvgIpc) is 3.47. The first-order valence-electron chi connectivity index (χ1n) is 9.16. The Balaban J connectivity index is 1.42. The van der Waals surface area contributed by atoms with Crippen LogP contribution in [0.5, 0.6) is 5.75 Å². The number of nitrogen functional groups attached to an aromatic ring is 1. The highest BCUT2D eigenvalue weighted by Crippen LogP contribution is 2.18. The number of anilines is 1. The molecule has 6 nitrogen and oxygen atoms in total. The number of hydrogen-bond acceptors (Lipinski definition) is 4. The van der Waals surface area contributed by atoms with Crippen LogP contribution in [-0.2, 0) is 11.2 Å². The lowest BCUT2D eigenvalue weighted by Gasteiger charge is -2.10. The fourth-order valence-electron chi connectivity index (χ4n) is 2.70. The molecule has 0 radical (unpaired) electrons. The van der Waals surface area contributed by atoms with Crippen LogP contribution in [0.1, 0.15) is 34.3 Å². The lowest BCUT2D eigenvalue weighted by atomic mass is 10.1. The van der Waals surface area contributed by atoms with Gasteiger partial charge < -0.3 is 21.1 Å². The van der Waals surface area contributed by atoms with E-state index in [-0.39, 0.29) is 18.4 Å². The van der Waals surface area contributed by atoms with E-state index < -0.39 is 0 Å². The number of benzene rings is 2. The Morgan fingerprint density at radius 1 is 1.15 bits per heavy atom. The summed E-state index contributed by atoms with van der Waals surface area (Å²) >= 11 is 0. The molecule has 0 aromatic heterocycles. The van der Waals surface area contributed by atoms with Gasteiger partial charge in [-0.1, -0.05) is 18.2 Å². The third-order valence-corrected chi connectivity index (χ3v) is 4.44. The van der Waals surface area contributed by atoms with Gasteiger partial charge in [0.15, 0.2) is 6.61 Å². The van der Waals surface area contributed by atoms with Crippen molar-refractivity contribution in [2.45, 2.75) is 32.2 Å². The molecular weight excluding hydrogens is 342 g/mol. The van der Waals surface area contributed by atoms with Gasteiger partial charge in [0.1, 0.15) is 5.75 Å². The van der Waals surface area contributed by atoms with Crippen molar-refractivity contribution in [1.29, 1.82) is 0 Å². The molecule has 3 rings (SSSR count). The highest BCUT2D eigenvalue weighted by atomic mass is 16.5. The minimum absolute atomic E-state index is 0.0332. The highest BCUT2D eigenvalue weighted by molar-refractivity contribution is 5.96. The van der Waals surface area contributed by atoms with E-state index in [9.17, 15) is 9.59 Å². The van der Waals surface area contributed by atoms with Crippen LogP contribution in [0.2, 0.25) is 0 Å². The molecule has 0 atom stereocenters. The van der Waals surface area contributed by atoms with Crippen molar-refractivity contribution in [3.05, 3.63) is 59.2 Å². The maximum Gasteiger partial charge on any atom is 0.258 e. The minimum Gasteiger partial charge on any atom is -0.484 e. The molecule has 2 aromatic carbocycles. The van der Waals surface area contributed by atoms with Crippen molar-refractivity contribution in [2.24, 2.45) is 0 Å². The molecule has 1 fully saturated rings. The monoisotopic (exact) mass is 367 g/mol. The van der Waals surface area contributed by atoms with Gasteiger partial charge in [-0.2, -0.15) is 0 Å². The number of amides is 2. The molecule has 1 aliphatic carbocycles. The maximum atomic E-state index is 12.3. The van der Waals surface area contributed by atoms with E-state index in [2.05, 4.69) is 10.6 Å². The second-order valence-electron chi connectivity index (χ2n) is 6.85. The second kappa shape index (κ2) is 8.58. The van der Waals surface area contributed by atoms with Crippen molar-refractivity contribution >= 4 is 17.5 Å². The van der Waals surface area contributed by atoms with Crippen LogP contribution in [-0.4, -0.2) is 31.0 Å². The molecule has 0 heterocycles. The van der Waals surface area contributed by atoms with Gasteiger partial charge in [-0.25, -0.2) is 0 Å². The Morgan fingerprint density at radius 2 is 1.89 bits per heavy atom. The van der Waals surface area contributed by atoms with E-state index in [0.717, 1.165) is 24.0 Å². The van der Waals surface area contributed by atoms with Gasteiger partial charge in [0.2, 0.25) is 0 Å². The van der Waals surface area contributed by atoms with Gasteiger partial charge in [-0.15, -0.1) is 0 Å². The smallest absolute Gasteiger partial charge is 0.258 e. The molecule has 2 amide bonds. The summed E-state index contributed by atoms with van der Waals surface area (Å²) in [6, 6.07) is 13.2. The number of carbonyl (C=O) groups excluding carboxylic acids is 2. The van der Waals surface area contributed by atoms with E-state index in [1.54, 1.807) is 12.1 Å². The lowest BCUT2D eigenvalue weighted by molar-refractivity contribution is -0.123. The number of aryl methyl sites for hydroxylation is 1. The zero-order chi connectivity index (χ0) is 19.2. The molecule has 0 unspecified atom stereocenters. The van der Waals surface area contributed by atoms with E-state index in [1.165, 1.54) is 0 Å². The fourth-order valence-corrected chi connectivity index (χ4v) is 2.70. The van der Waals surface area contributed by atoms with Gasteiger partial charge >= 0.3 is 0 Å². The first-order valence-corrected chi connectivity index (χ1v) is 9.16. The van der Waals surface area contributed by atoms with Crippen LogP contribution in [0.3, 0.4) is 0 Å². The molecule has 1 saturated carbocycles. The van der Waals surface area contributed by atoms with Gasteiger partial charge in [0.25, 0.3) is 11.8 Å². The number of hydrogen-bond donors (Lipinski definition) is 3. The van der Waals surface area contributed by atoms with Crippen molar-refractivity contribution < 1.29 is 14.3 Å². The Bertz CT molecular complexity index is 814. The van der Waals surface area contributed by atoms with Crippen LogP contribution in [0.25, 0.3) is 0 Å². The lowest BCUT2D eigenvalue weighted by Crippen LogP contribution is -2.30. The fraction of sp³-hybridized carbons (Fsp3) is 0.333. The summed E-state index contributed by atoms with van der Waals surface area (Å²) in [5.41, 5.74) is 8.90. The van der Waals surface area contributed by atoms with Crippen LogP contribution in [0, 0.1) is 6.92 Å². The Labute approximate surface area is 159 Å². The quantitative estimate of drug-likeness (QED) is 0.624. The molecule has 1 aliphatic rings. The zero-order valence-corrected chi connectivity index (χ0v) is 15.5. The van der Waals surface area contributed by atoms with Crippen molar-refractivity contribution in [3.8, 4) is 5.75 Å². The predicted octanol–water partition coefficient (Wildman–Crippen LogP) is 2.21. The molecule has 0 bridgehead atoms. The topological polar surface area (TPSA) is 93.5 Å². The Kier molecular flexibility index (Phi) is 5.96. The maximum absolute atomic E-state index is 12.3. The summed E-state index contributed by atoms with van der Waals surface area (Å²) in [4.78, 5) is 23.9. The molecule has 2 aromatic rings. The average molecular weight is 367 g/mol. The van der Waals surface area contributed by atoms with E-state index in [0.29, 0.717) is 36.0 Å². The van der Waals surface area contributed by atoms with Crippen molar-refractivity contribution in [1.82, 2.24) is 10.6 Å². The van der Waals surface area contributed by atoms with E-state index >= 15 is 0 Å². The number of carbonyl (C=O) groups is 2. The largest absolute Gasteiger partial charge is 0.484 e. The summed E-state index contributed by atoms with van der Waals surface area (Å²) in [5.74, 6) is 0.451. The number of ether oxygens (including phenoxy) is 1. The summed E-state index contributed by atoms with van der Waals surface area (Å²) in [6.45, 7) is 2.44. The molecule has 142 valence electrons. The van der Waals surface area contributed by atoms with Crippen LogP contribution < -0.4 is 21.1 Å².